The average Bonchev–Trinajstić information content (AvgIpc) is 3.19. The van der Waals surface area contributed by atoms with Gasteiger partial charge in [0.15, 0.2) is 5.82 Å². The largest absolute Gasteiger partial charge is 0.350 e. The van der Waals surface area contributed by atoms with Crippen LogP contribution in [0.4, 0.5) is 5.82 Å². The zero-order valence-corrected chi connectivity index (χ0v) is 20.2. The van der Waals surface area contributed by atoms with Crippen LogP contribution >= 0.6 is 27.5 Å². The summed E-state index contributed by atoms with van der Waals surface area (Å²) < 4.78 is 0.396. The maximum atomic E-state index is 12.7. The lowest BCUT2D eigenvalue weighted by Crippen LogP contribution is -2.38. The second-order valence-electron chi connectivity index (χ2n) is 7.98. The van der Waals surface area contributed by atoms with Crippen molar-refractivity contribution in [1.82, 2.24) is 25.4 Å². The first-order valence-corrected chi connectivity index (χ1v) is 11.9. The minimum atomic E-state index is -0.404. The van der Waals surface area contributed by atoms with Crippen LogP contribution in [-0.2, 0) is 6.54 Å². The minimum absolute atomic E-state index is 0.231. The van der Waals surface area contributed by atoms with Crippen molar-refractivity contribution in [2.24, 2.45) is 5.92 Å². The van der Waals surface area contributed by atoms with Crippen molar-refractivity contribution in [3.05, 3.63) is 75.1 Å². The molecule has 1 fully saturated rings. The van der Waals surface area contributed by atoms with Crippen molar-refractivity contribution < 1.29 is 9.59 Å². The predicted molar refractivity (Wildman–Crippen MR) is 130 cm³/mol. The highest BCUT2D eigenvalue weighted by Gasteiger charge is 2.23. The van der Waals surface area contributed by atoms with E-state index in [0.29, 0.717) is 27.5 Å². The van der Waals surface area contributed by atoms with Gasteiger partial charge in [-0.1, -0.05) is 23.7 Å². The number of nitrogens with one attached hydrogen (secondary N) is 3. The van der Waals surface area contributed by atoms with E-state index in [-0.39, 0.29) is 17.4 Å². The number of aromatic nitrogens is 3. The SMILES string of the molecule is O=C(Nc1n[nH]c(C(=O)NCC2CCN(Cc3ccncc3)CC2)c1Br)c1ccccc1Cl. The van der Waals surface area contributed by atoms with E-state index < -0.39 is 5.91 Å². The van der Waals surface area contributed by atoms with Gasteiger partial charge in [-0.05, 0) is 77.6 Å². The Kier molecular flexibility index (Phi) is 7.74. The van der Waals surface area contributed by atoms with E-state index in [2.05, 4.69) is 46.6 Å². The number of amides is 2. The van der Waals surface area contributed by atoms with Crippen LogP contribution in [0.2, 0.25) is 5.02 Å². The highest BCUT2D eigenvalue weighted by Crippen LogP contribution is 2.25. The summed E-state index contributed by atoms with van der Waals surface area (Å²) in [4.78, 5) is 31.6. The second kappa shape index (κ2) is 10.9. The quantitative estimate of drug-likeness (QED) is 0.426. The molecule has 0 bridgehead atoms. The van der Waals surface area contributed by atoms with Gasteiger partial charge in [-0.3, -0.25) is 24.6 Å². The number of benzene rings is 1. The Morgan fingerprint density at radius 2 is 1.85 bits per heavy atom. The van der Waals surface area contributed by atoms with Crippen molar-refractivity contribution in [2.45, 2.75) is 19.4 Å². The van der Waals surface area contributed by atoms with E-state index in [1.165, 1.54) is 5.56 Å². The van der Waals surface area contributed by atoms with Crippen LogP contribution in [0.25, 0.3) is 0 Å². The molecule has 3 heterocycles. The summed E-state index contributed by atoms with van der Waals surface area (Å²) in [6, 6.07) is 10.8. The summed E-state index contributed by atoms with van der Waals surface area (Å²) in [6.45, 7) is 3.50. The molecule has 1 aromatic carbocycles. The summed E-state index contributed by atoms with van der Waals surface area (Å²) in [6.07, 6.45) is 5.68. The predicted octanol–water partition coefficient (Wildman–Crippen LogP) is 4.11. The number of piperidine rings is 1. The number of carbonyl (C=O) groups excluding carboxylic acids is 2. The Morgan fingerprint density at radius 3 is 2.58 bits per heavy atom. The van der Waals surface area contributed by atoms with Gasteiger partial charge in [0.25, 0.3) is 11.8 Å². The van der Waals surface area contributed by atoms with Crippen LogP contribution in [0.5, 0.6) is 0 Å². The molecule has 0 unspecified atom stereocenters. The standard InChI is InChI=1S/C23H24BrClN6O2/c24-19-20(29-30-21(19)28-22(32)17-3-1-2-4-18(17)25)23(33)27-13-15-7-11-31(12-8-15)14-16-5-9-26-10-6-16/h1-6,9-10,15H,7-8,11-14H2,(H,27,33)(H2,28,29,30,32). The number of H-pyrrole nitrogens is 1. The van der Waals surface area contributed by atoms with E-state index in [1.54, 1.807) is 24.3 Å². The smallest absolute Gasteiger partial charge is 0.270 e. The molecule has 1 saturated heterocycles. The van der Waals surface area contributed by atoms with Gasteiger partial charge in [-0.25, -0.2) is 0 Å². The molecule has 1 aliphatic rings. The molecular weight excluding hydrogens is 508 g/mol. The van der Waals surface area contributed by atoms with Crippen molar-refractivity contribution in [2.75, 3.05) is 25.0 Å². The Balaban J connectivity index is 1.26. The fraction of sp³-hybridized carbons (Fsp3) is 0.304. The fourth-order valence-corrected chi connectivity index (χ4v) is 4.48. The summed E-state index contributed by atoms with van der Waals surface area (Å²) >= 11 is 9.44. The molecule has 0 radical (unpaired) electrons. The van der Waals surface area contributed by atoms with Gasteiger partial charge in [-0.15, -0.1) is 0 Å². The van der Waals surface area contributed by atoms with Gasteiger partial charge in [0.2, 0.25) is 0 Å². The molecule has 33 heavy (non-hydrogen) atoms. The first-order valence-electron chi connectivity index (χ1n) is 10.7. The third-order valence-corrected chi connectivity index (χ3v) is 6.80. The topological polar surface area (TPSA) is 103 Å². The van der Waals surface area contributed by atoms with E-state index in [0.717, 1.165) is 32.5 Å². The first-order chi connectivity index (χ1) is 16.0. The van der Waals surface area contributed by atoms with Gasteiger partial charge in [0.05, 0.1) is 15.1 Å². The second-order valence-corrected chi connectivity index (χ2v) is 9.18. The van der Waals surface area contributed by atoms with Crippen molar-refractivity contribution >= 4 is 45.2 Å². The number of rotatable bonds is 7. The molecule has 10 heteroatoms. The molecule has 4 rings (SSSR count). The number of nitrogens with zero attached hydrogens (tertiary/aromatic N) is 3. The van der Waals surface area contributed by atoms with Gasteiger partial charge in [-0.2, -0.15) is 5.10 Å². The molecule has 3 aromatic rings. The molecule has 8 nitrogen and oxygen atoms in total. The number of pyridine rings is 1. The van der Waals surface area contributed by atoms with Gasteiger partial charge in [0.1, 0.15) is 5.69 Å². The monoisotopic (exact) mass is 530 g/mol. The molecule has 0 atom stereocenters. The van der Waals surface area contributed by atoms with Crippen LogP contribution in [0.15, 0.2) is 53.3 Å². The summed E-state index contributed by atoms with van der Waals surface area (Å²) in [5.74, 6) is -0.0247. The van der Waals surface area contributed by atoms with Crippen molar-refractivity contribution in [1.29, 1.82) is 0 Å². The molecule has 2 amide bonds. The molecule has 0 spiro atoms. The maximum absolute atomic E-state index is 12.7. The van der Waals surface area contributed by atoms with Gasteiger partial charge in [0, 0.05) is 25.5 Å². The van der Waals surface area contributed by atoms with Crippen LogP contribution in [0, 0.1) is 5.92 Å². The van der Waals surface area contributed by atoms with Gasteiger partial charge >= 0.3 is 0 Å². The highest BCUT2D eigenvalue weighted by atomic mass is 79.9. The lowest BCUT2D eigenvalue weighted by atomic mass is 9.96. The third kappa shape index (κ3) is 5.98. The summed E-state index contributed by atoms with van der Waals surface area (Å²) in [7, 11) is 0. The number of hydrogen-bond acceptors (Lipinski definition) is 5. The lowest BCUT2D eigenvalue weighted by molar-refractivity contribution is 0.0928. The third-order valence-electron chi connectivity index (χ3n) is 5.70. The van der Waals surface area contributed by atoms with E-state index >= 15 is 0 Å². The molecule has 3 N–H and O–H groups in total. The van der Waals surface area contributed by atoms with Crippen LogP contribution in [0.1, 0.15) is 39.3 Å². The van der Waals surface area contributed by atoms with Crippen LogP contribution in [-0.4, -0.2) is 51.5 Å². The van der Waals surface area contributed by atoms with E-state index in [9.17, 15) is 9.59 Å². The number of halogens is 2. The number of carbonyl (C=O) groups is 2. The maximum Gasteiger partial charge on any atom is 0.270 e. The number of hydrogen-bond donors (Lipinski definition) is 3. The molecule has 0 aliphatic carbocycles. The molecule has 2 aromatic heterocycles. The van der Waals surface area contributed by atoms with E-state index in [4.69, 9.17) is 11.6 Å². The lowest BCUT2D eigenvalue weighted by Gasteiger charge is -2.32. The minimum Gasteiger partial charge on any atom is -0.350 e. The number of anilines is 1. The Morgan fingerprint density at radius 1 is 1.12 bits per heavy atom. The first kappa shape index (κ1) is 23.4. The molecule has 1 aliphatic heterocycles. The normalized spacial score (nSPS) is 14.7. The van der Waals surface area contributed by atoms with E-state index in [1.807, 2.05) is 24.5 Å². The van der Waals surface area contributed by atoms with Crippen LogP contribution in [0.3, 0.4) is 0 Å². The fourth-order valence-electron chi connectivity index (χ4n) is 3.80. The van der Waals surface area contributed by atoms with Gasteiger partial charge < -0.3 is 10.6 Å². The Labute approximate surface area is 205 Å². The number of likely N-dealkylation sites (tertiary alicyclic amines) is 1. The zero-order valence-electron chi connectivity index (χ0n) is 17.9. The number of aromatic amines is 1. The Hall–Kier alpha value is -2.75. The summed E-state index contributed by atoms with van der Waals surface area (Å²) in [5.41, 5.74) is 1.85. The zero-order chi connectivity index (χ0) is 23.2. The van der Waals surface area contributed by atoms with Crippen LogP contribution < -0.4 is 10.6 Å². The highest BCUT2D eigenvalue weighted by molar-refractivity contribution is 9.10. The van der Waals surface area contributed by atoms with Crippen molar-refractivity contribution in [3.8, 4) is 0 Å². The molecular formula is C23H24BrClN6O2. The molecule has 0 saturated carbocycles. The molecule has 172 valence electrons. The Bertz CT molecular complexity index is 1120. The summed E-state index contributed by atoms with van der Waals surface area (Å²) in [5, 5.41) is 12.7. The average molecular weight is 532 g/mol. The van der Waals surface area contributed by atoms with Crippen molar-refractivity contribution in [3.63, 3.8) is 0 Å².